The van der Waals surface area contributed by atoms with Crippen LogP contribution in [0.25, 0.3) is 0 Å². The molecule has 0 amide bonds. The Morgan fingerprint density at radius 3 is 2.06 bits per heavy atom. The molecule has 0 spiro atoms. The van der Waals surface area contributed by atoms with Gasteiger partial charge >= 0.3 is 49.0 Å². The molecule has 0 bridgehead atoms. The van der Waals surface area contributed by atoms with Gasteiger partial charge in [-0.2, -0.15) is 0 Å². The van der Waals surface area contributed by atoms with E-state index in [1.807, 2.05) is 0 Å². The molecule has 5 heteroatoms. The first kappa shape index (κ1) is 19.6. The van der Waals surface area contributed by atoms with Crippen LogP contribution in [0.15, 0.2) is 46.3 Å². The Labute approximate surface area is 129 Å². The van der Waals surface area contributed by atoms with E-state index in [1.165, 1.54) is 10.3 Å². The van der Waals surface area contributed by atoms with E-state index < -0.39 is 0 Å². The van der Waals surface area contributed by atoms with Crippen LogP contribution in [-0.4, -0.2) is 25.8 Å². The van der Waals surface area contributed by atoms with Crippen molar-refractivity contribution in [3.05, 3.63) is 46.3 Å². The van der Waals surface area contributed by atoms with Crippen molar-refractivity contribution in [1.29, 1.82) is 0 Å². The van der Waals surface area contributed by atoms with Crippen molar-refractivity contribution >= 4 is 6.85 Å². The van der Waals surface area contributed by atoms with Crippen LogP contribution in [0.4, 0.5) is 0 Å². The molecule has 0 radical (unpaired) electrons. The molecule has 1 nitrogen and oxygen atoms in total. The van der Waals surface area contributed by atoms with E-state index in [-0.39, 0.29) is 24.8 Å². The van der Waals surface area contributed by atoms with Crippen molar-refractivity contribution in [1.82, 2.24) is 4.81 Å². The van der Waals surface area contributed by atoms with Gasteiger partial charge in [0.25, 0.3) is 6.85 Å². The van der Waals surface area contributed by atoms with Crippen LogP contribution in [0, 0.1) is 0 Å². The van der Waals surface area contributed by atoms with Gasteiger partial charge in [-0.25, -0.2) is 0 Å². The van der Waals surface area contributed by atoms with Gasteiger partial charge < -0.3 is 29.6 Å². The molecule has 0 N–H and O–H groups in total. The van der Waals surface area contributed by atoms with Crippen LogP contribution in [0.3, 0.4) is 0 Å². The minimum atomic E-state index is 0. The fraction of sp³-hybridized carbons (Fsp3) is 0.333. The SMILES string of the molecule is CN(C)B1C=CC=CC1.[Cl-].[Cl-].[Ti+2][C]1=CC=CC1. The van der Waals surface area contributed by atoms with Gasteiger partial charge in [-0.05, 0) is 20.4 Å². The number of hydrogen-bond acceptors (Lipinski definition) is 1. The van der Waals surface area contributed by atoms with Gasteiger partial charge in [0, 0.05) is 0 Å². The molecule has 91 valence electrons. The van der Waals surface area contributed by atoms with Crippen molar-refractivity contribution in [3.8, 4) is 0 Å². The number of nitrogens with zero attached hydrogens (tertiary/aromatic N) is 1. The minimum absolute atomic E-state index is 0. The molecule has 0 saturated carbocycles. The maximum absolute atomic E-state index is 2.22. The van der Waals surface area contributed by atoms with Gasteiger partial charge in [-0.3, -0.25) is 0 Å². The fourth-order valence-corrected chi connectivity index (χ4v) is 1.73. The van der Waals surface area contributed by atoms with E-state index in [2.05, 4.69) is 81.8 Å². The standard InChI is InChI=1S/C7H12BN.C5H5.2ClH.Ti/c1-9(2)8-6-4-3-5-7-8;1-2-4-5-3-1;;;/h3-6H,7H2,1-2H3;1-3H,4H2;2*1H;/q;;;;+2/p-2. The van der Waals surface area contributed by atoms with Gasteiger partial charge in [-0.1, -0.05) is 24.2 Å². The van der Waals surface area contributed by atoms with Crippen LogP contribution in [0.5, 0.6) is 0 Å². The second-order valence-corrected chi connectivity index (χ2v) is 4.91. The Morgan fingerprint density at radius 1 is 1.12 bits per heavy atom. The van der Waals surface area contributed by atoms with Gasteiger partial charge in [-0.15, -0.1) is 0 Å². The zero-order valence-electron chi connectivity index (χ0n) is 10.2. The van der Waals surface area contributed by atoms with Crippen molar-refractivity contribution in [3.63, 3.8) is 0 Å². The third-order valence-corrected chi connectivity index (χ3v) is 2.97. The first-order chi connectivity index (χ1) is 7.20. The Bertz CT molecular complexity index is 312. The van der Waals surface area contributed by atoms with E-state index in [0.29, 0.717) is 6.85 Å². The predicted molar refractivity (Wildman–Crippen MR) is 64.4 cm³/mol. The van der Waals surface area contributed by atoms with Crippen LogP contribution >= 0.6 is 0 Å². The molecule has 1 aliphatic carbocycles. The summed E-state index contributed by atoms with van der Waals surface area (Å²) in [6.45, 7) is 0.620. The number of halogens is 2. The molecule has 0 aromatic heterocycles. The number of hydrogen-bond donors (Lipinski definition) is 0. The zero-order chi connectivity index (χ0) is 11.1. The Kier molecular flexibility index (Phi) is 13.1. The van der Waals surface area contributed by atoms with Gasteiger partial charge in [0.15, 0.2) is 0 Å². The quantitative estimate of drug-likeness (QED) is 0.456. The molecule has 0 aromatic rings. The summed E-state index contributed by atoms with van der Waals surface area (Å²) in [5.74, 6) is 2.22. The summed E-state index contributed by atoms with van der Waals surface area (Å²) in [5, 5.41) is 0. The Hall–Kier alpha value is 0.279. The molecule has 1 heterocycles. The van der Waals surface area contributed by atoms with Crippen LogP contribution in [0.1, 0.15) is 6.42 Å². The van der Waals surface area contributed by atoms with Crippen LogP contribution < -0.4 is 24.8 Å². The van der Waals surface area contributed by atoms with Crippen molar-refractivity contribution in [2.24, 2.45) is 0 Å². The molecule has 0 aromatic carbocycles. The maximum atomic E-state index is 2.22. The number of allylic oxidation sites excluding steroid dienone is 7. The molecule has 17 heavy (non-hydrogen) atoms. The molecule has 2 aliphatic rings. The van der Waals surface area contributed by atoms with E-state index in [9.17, 15) is 0 Å². The van der Waals surface area contributed by atoms with Crippen molar-refractivity contribution < 1.29 is 45.2 Å². The summed E-state index contributed by atoms with van der Waals surface area (Å²) in [7, 11) is 4.21. The average molecular weight is 305 g/mol. The van der Waals surface area contributed by atoms with Gasteiger partial charge in [0.05, 0.1) is 0 Å². The zero-order valence-corrected chi connectivity index (χ0v) is 13.3. The molecule has 0 fully saturated rings. The molecular weight excluding hydrogens is 288 g/mol. The first-order valence-electron chi connectivity index (χ1n) is 5.27. The monoisotopic (exact) mass is 304 g/mol. The fourth-order valence-electron chi connectivity index (χ4n) is 1.40. The second kappa shape index (κ2) is 11.4. The van der Waals surface area contributed by atoms with Gasteiger partial charge in [0.2, 0.25) is 0 Å². The Balaban J connectivity index is 0. The topological polar surface area (TPSA) is 3.24 Å². The summed E-state index contributed by atoms with van der Waals surface area (Å²) < 4.78 is 1.47. The van der Waals surface area contributed by atoms with Gasteiger partial charge in [0.1, 0.15) is 0 Å². The molecule has 0 unspecified atom stereocenters. The summed E-state index contributed by atoms with van der Waals surface area (Å²) in [6.07, 6.45) is 15.1. The second-order valence-electron chi connectivity index (χ2n) is 3.90. The predicted octanol–water partition coefficient (Wildman–Crippen LogP) is -3.41. The van der Waals surface area contributed by atoms with Crippen molar-refractivity contribution in [2.45, 2.75) is 12.7 Å². The van der Waals surface area contributed by atoms with Crippen LogP contribution in [0.2, 0.25) is 6.32 Å². The van der Waals surface area contributed by atoms with Crippen molar-refractivity contribution in [2.75, 3.05) is 14.1 Å². The van der Waals surface area contributed by atoms with E-state index in [0.717, 1.165) is 6.32 Å². The summed E-state index contributed by atoms with van der Waals surface area (Å²) in [5.41, 5.74) is 0. The third-order valence-electron chi connectivity index (χ3n) is 2.39. The molecule has 0 saturated heterocycles. The summed E-state index contributed by atoms with van der Waals surface area (Å²) in [6, 6.07) is 0. The normalized spacial score (nSPS) is 15.8. The summed E-state index contributed by atoms with van der Waals surface area (Å²) >= 11 is 2.14. The molecule has 0 atom stereocenters. The number of rotatable bonds is 1. The molecular formula is C12H17BCl2NTi. The molecule has 1 aliphatic heterocycles. The molecule has 2 rings (SSSR count). The first-order valence-corrected chi connectivity index (χ1v) is 6.05. The van der Waals surface area contributed by atoms with E-state index in [1.54, 1.807) is 0 Å². The van der Waals surface area contributed by atoms with E-state index >= 15 is 0 Å². The average Bonchev–Trinajstić information content (AvgIpc) is 2.71. The third kappa shape index (κ3) is 8.93. The summed E-state index contributed by atoms with van der Waals surface area (Å²) in [4.78, 5) is 2.22. The van der Waals surface area contributed by atoms with E-state index in [4.69, 9.17) is 0 Å². The Morgan fingerprint density at radius 2 is 1.82 bits per heavy atom. The van der Waals surface area contributed by atoms with Crippen LogP contribution in [-0.2, 0) is 20.4 Å².